The standard InChI is InChI=1S/C14H16ClN3O2S2/c1-21-9-13-17-18-14(20-13)22-8-12(19)16-7-6-10-2-4-11(15)5-3-10/h2-5H,6-9H2,1H3,(H,16,19). The Morgan fingerprint density at radius 1 is 1.32 bits per heavy atom. The van der Waals surface area contributed by atoms with Crippen LogP contribution in [-0.4, -0.2) is 34.7 Å². The number of hydrogen-bond acceptors (Lipinski definition) is 6. The van der Waals surface area contributed by atoms with E-state index in [1.54, 1.807) is 11.8 Å². The number of carbonyl (C=O) groups is 1. The van der Waals surface area contributed by atoms with Crippen LogP contribution in [0.2, 0.25) is 5.02 Å². The van der Waals surface area contributed by atoms with E-state index in [9.17, 15) is 4.79 Å². The number of carbonyl (C=O) groups excluding carboxylic acids is 1. The Hall–Kier alpha value is -1.18. The lowest BCUT2D eigenvalue weighted by Crippen LogP contribution is -2.27. The second-order valence-electron chi connectivity index (χ2n) is 4.41. The van der Waals surface area contributed by atoms with Gasteiger partial charge in [-0.05, 0) is 30.4 Å². The highest BCUT2D eigenvalue weighted by Gasteiger charge is 2.09. The molecule has 0 fully saturated rings. The number of hydrogen-bond donors (Lipinski definition) is 1. The third-order valence-electron chi connectivity index (χ3n) is 2.69. The maximum absolute atomic E-state index is 11.7. The number of halogens is 1. The summed E-state index contributed by atoms with van der Waals surface area (Å²) in [5.74, 6) is 1.48. The van der Waals surface area contributed by atoms with Gasteiger partial charge in [-0.1, -0.05) is 35.5 Å². The van der Waals surface area contributed by atoms with Crippen LogP contribution in [-0.2, 0) is 17.0 Å². The maximum Gasteiger partial charge on any atom is 0.277 e. The maximum atomic E-state index is 11.7. The average molecular weight is 358 g/mol. The Labute approximate surface area is 142 Å². The number of nitrogens with zero attached hydrogens (tertiary/aromatic N) is 2. The first-order valence-corrected chi connectivity index (χ1v) is 9.38. The lowest BCUT2D eigenvalue weighted by Gasteiger charge is -2.04. The van der Waals surface area contributed by atoms with E-state index in [-0.39, 0.29) is 11.7 Å². The molecule has 8 heteroatoms. The molecule has 118 valence electrons. The molecule has 1 amide bonds. The molecule has 1 aromatic carbocycles. The Morgan fingerprint density at radius 2 is 2.09 bits per heavy atom. The largest absolute Gasteiger partial charge is 0.415 e. The molecule has 0 aliphatic rings. The average Bonchev–Trinajstić information content (AvgIpc) is 2.95. The minimum atomic E-state index is -0.0522. The third-order valence-corrected chi connectivity index (χ3v) is 4.30. The van der Waals surface area contributed by atoms with Crippen LogP contribution in [0.15, 0.2) is 33.9 Å². The molecule has 2 aromatic rings. The van der Waals surface area contributed by atoms with Crippen molar-refractivity contribution < 1.29 is 9.21 Å². The van der Waals surface area contributed by atoms with Crippen molar-refractivity contribution in [3.05, 3.63) is 40.7 Å². The number of benzene rings is 1. The fourth-order valence-corrected chi connectivity index (χ4v) is 2.75. The molecule has 0 saturated carbocycles. The summed E-state index contributed by atoms with van der Waals surface area (Å²) in [5.41, 5.74) is 1.14. The van der Waals surface area contributed by atoms with Crippen LogP contribution in [0.1, 0.15) is 11.5 Å². The van der Waals surface area contributed by atoms with Crippen LogP contribution in [0.25, 0.3) is 0 Å². The summed E-state index contributed by atoms with van der Waals surface area (Å²) in [6, 6.07) is 7.59. The SMILES string of the molecule is CSCc1nnc(SCC(=O)NCCc2ccc(Cl)cc2)o1. The predicted molar refractivity (Wildman–Crippen MR) is 90.4 cm³/mol. The molecule has 0 aliphatic heterocycles. The van der Waals surface area contributed by atoms with E-state index in [1.165, 1.54) is 11.8 Å². The van der Waals surface area contributed by atoms with Gasteiger partial charge in [0.15, 0.2) is 0 Å². The summed E-state index contributed by atoms with van der Waals surface area (Å²) in [6.45, 7) is 0.586. The number of rotatable bonds is 8. The van der Waals surface area contributed by atoms with Crippen LogP contribution >= 0.6 is 35.1 Å². The first-order chi connectivity index (χ1) is 10.7. The zero-order valence-electron chi connectivity index (χ0n) is 12.0. The minimum absolute atomic E-state index is 0.0522. The van der Waals surface area contributed by atoms with Gasteiger partial charge in [0.25, 0.3) is 5.22 Å². The van der Waals surface area contributed by atoms with Crippen molar-refractivity contribution in [3.63, 3.8) is 0 Å². The van der Waals surface area contributed by atoms with Crippen LogP contribution in [0, 0.1) is 0 Å². The Kier molecular flexibility index (Phi) is 7.08. The highest BCUT2D eigenvalue weighted by molar-refractivity contribution is 7.99. The molecular formula is C14H16ClN3O2S2. The lowest BCUT2D eigenvalue weighted by atomic mass is 10.1. The fourth-order valence-electron chi connectivity index (χ4n) is 1.65. The molecule has 1 heterocycles. The quantitative estimate of drug-likeness (QED) is 0.732. The lowest BCUT2D eigenvalue weighted by molar-refractivity contribution is -0.118. The van der Waals surface area contributed by atoms with Gasteiger partial charge in [0, 0.05) is 11.6 Å². The Balaban J connectivity index is 1.66. The van der Waals surface area contributed by atoms with Gasteiger partial charge in [-0.15, -0.1) is 10.2 Å². The van der Waals surface area contributed by atoms with Crippen molar-refractivity contribution in [3.8, 4) is 0 Å². The number of thioether (sulfide) groups is 2. The summed E-state index contributed by atoms with van der Waals surface area (Å²) in [4.78, 5) is 11.7. The highest BCUT2D eigenvalue weighted by Crippen LogP contribution is 2.17. The summed E-state index contributed by atoms with van der Waals surface area (Å²) in [6.07, 6.45) is 2.73. The van der Waals surface area contributed by atoms with Crippen LogP contribution in [0.5, 0.6) is 0 Å². The zero-order valence-corrected chi connectivity index (χ0v) is 14.4. The molecule has 0 atom stereocenters. The molecule has 0 spiro atoms. The molecule has 0 bridgehead atoms. The van der Waals surface area contributed by atoms with E-state index in [0.29, 0.717) is 28.4 Å². The van der Waals surface area contributed by atoms with E-state index < -0.39 is 0 Å². The summed E-state index contributed by atoms with van der Waals surface area (Å²) in [7, 11) is 0. The molecule has 1 N–H and O–H groups in total. The minimum Gasteiger partial charge on any atom is -0.415 e. The predicted octanol–water partition coefficient (Wildman–Crippen LogP) is 3.04. The second kappa shape index (κ2) is 9.07. The molecule has 0 saturated heterocycles. The second-order valence-corrected chi connectivity index (χ2v) is 6.64. The first-order valence-electron chi connectivity index (χ1n) is 6.62. The highest BCUT2D eigenvalue weighted by atomic mass is 35.5. The number of amides is 1. The molecule has 0 aliphatic carbocycles. The van der Waals surface area contributed by atoms with E-state index in [4.69, 9.17) is 16.0 Å². The van der Waals surface area contributed by atoms with Crippen LogP contribution < -0.4 is 5.32 Å². The molecule has 5 nitrogen and oxygen atoms in total. The topological polar surface area (TPSA) is 68.0 Å². The van der Waals surface area contributed by atoms with Crippen molar-refractivity contribution >= 4 is 41.0 Å². The van der Waals surface area contributed by atoms with Gasteiger partial charge in [-0.2, -0.15) is 11.8 Å². The van der Waals surface area contributed by atoms with Gasteiger partial charge in [-0.25, -0.2) is 0 Å². The van der Waals surface area contributed by atoms with E-state index in [0.717, 1.165) is 12.0 Å². The third kappa shape index (κ3) is 5.90. The van der Waals surface area contributed by atoms with Crippen LogP contribution in [0.4, 0.5) is 0 Å². The zero-order chi connectivity index (χ0) is 15.8. The van der Waals surface area contributed by atoms with E-state index in [2.05, 4.69) is 15.5 Å². The fraction of sp³-hybridized carbons (Fsp3) is 0.357. The molecule has 2 rings (SSSR count). The first kappa shape index (κ1) is 17.2. The number of aromatic nitrogens is 2. The summed E-state index contributed by atoms with van der Waals surface area (Å²) < 4.78 is 5.39. The van der Waals surface area contributed by atoms with Gasteiger partial charge < -0.3 is 9.73 Å². The smallest absolute Gasteiger partial charge is 0.277 e. The van der Waals surface area contributed by atoms with Gasteiger partial charge in [0.05, 0.1) is 11.5 Å². The van der Waals surface area contributed by atoms with Gasteiger partial charge >= 0.3 is 0 Å². The summed E-state index contributed by atoms with van der Waals surface area (Å²) >= 11 is 8.68. The Bertz CT molecular complexity index is 604. The van der Waals surface area contributed by atoms with Crippen molar-refractivity contribution in [2.75, 3.05) is 18.6 Å². The van der Waals surface area contributed by atoms with Crippen molar-refractivity contribution in [1.29, 1.82) is 0 Å². The Morgan fingerprint density at radius 3 is 2.82 bits per heavy atom. The van der Waals surface area contributed by atoms with Crippen molar-refractivity contribution in [2.24, 2.45) is 0 Å². The number of nitrogens with one attached hydrogen (secondary N) is 1. The molecular weight excluding hydrogens is 342 g/mol. The molecule has 1 aromatic heterocycles. The van der Waals surface area contributed by atoms with E-state index in [1.807, 2.05) is 30.5 Å². The van der Waals surface area contributed by atoms with Gasteiger partial charge in [-0.3, -0.25) is 4.79 Å². The normalized spacial score (nSPS) is 10.6. The van der Waals surface area contributed by atoms with Crippen LogP contribution in [0.3, 0.4) is 0 Å². The van der Waals surface area contributed by atoms with Gasteiger partial charge in [0.1, 0.15) is 0 Å². The van der Waals surface area contributed by atoms with Crippen molar-refractivity contribution in [1.82, 2.24) is 15.5 Å². The van der Waals surface area contributed by atoms with Crippen molar-refractivity contribution in [2.45, 2.75) is 17.4 Å². The van der Waals surface area contributed by atoms with E-state index >= 15 is 0 Å². The van der Waals surface area contributed by atoms with Gasteiger partial charge in [0.2, 0.25) is 11.8 Å². The molecule has 22 heavy (non-hydrogen) atoms. The summed E-state index contributed by atoms with van der Waals surface area (Å²) in [5, 5.41) is 11.8. The monoisotopic (exact) mass is 357 g/mol. The molecule has 0 radical (unpaired) electrons. The molecule has 0 unspecified atom stereocenters.